The van der Waals surface area contributed by atoms with Crippen molar-refractivity contribution in [3.8, 4) is 0 Å². The first-order chi connectivity index (χ1) is 7.51. The van der Waals surface area contributed by atoms with E-state index in [0.717, 1.165) is 6.54 Å². The fraction of sp³-hybridized carbons (Fsp3) is 0.700. The van der Waals surface area contributed by atoms with Gasteiger partial charge in [0, 0.05) is 6.54 Å². The third-order valence-electron chi connectivity index (χ3n) is 2.12. The maximum Gasteiger partial charge on any atom is 0.292 e. The Hall–Kier alpha value is -1.43. The van der Waals surface area contributed by atoms with Crippen LogP contribution < -0.4 is 10.6 Å². The molecule has 0 unspecified atom stereocenters. The van der Waals surface area contributed by atoms with Crippen LogP contribution in [0.3, 0.4) is 0 Å². The summed E-state index contributed by atoms with van der Waals surface area (Å²) in [6.07, 6.45) is 0. The summed E-state index contributed by atoms with van der Waals surface area (Å²) in [5.74, 6) is 0.170. The van der Waals surface area contributed by atoms with E-state index < -0.39 is 5.54 Å². The van der Waals surface area contributed by atoms with Gasteiger partial charge in [0.2, 0.25) is 5.89 Å². The smallest absolute Gasteiger partial charge is 0.292 e. The second-order valence-corrected chi connectivity index (χ2v) is 3.94. The van der Waals surface area contributed by atoms with Crippen molar-refractivity contribution in [1.82, 2.24) is 20.8 Å². The molecule has 0 aliphatic rings. The maximum absolute atomic E-state index is 11.4. The number of aromatic nitrogens is 2. The molecule has 1 aromatic heterocycles. The molecule has 1 rings (SSSR count). The lowest BCUT2D eigenvalue weighted by Gasteiger charge is -2.20. The molecule has 1 heterocycles. The highest BCUT2D eigenvalue weighted by Crippen LogP contribution is 2.17. The van der Waals surface area contributed by atoms with E-state index in [4.69, 9.17) is 4.52 Å². The van der Waals surface area contributed by atoms with Crippen molar-refractivity contribution in [3.63, 3.8) is 0 Å². The van der Waals surface area contributed by atoms with Gasteiger partial charge in [-0.2, -0.15) is 4.98 Å². The average Bonchev–Trinajstić information content (AvgIpc) is 2.67. The minimum absolute atomic E-state index is 0.0721. The molecule has 1 amide bonds. The molecule has 0 radical (unpaired) electrons. The molecule has 1 aromatic rings. The fourth-order valence-corrected chi connectivity index (χ4v) is 1.33. The van der Waals surface area contributed by atoms with Gasteiger partial charge in [-0.05, 0) is 27.3 Å². The minimum Gasteiger partial charge on any atom is -0.349 e. The van der Waals surface area contributed by atoms with Crippen LogP contribution in [-0.2, 0) is 5.54 Å². The number of nitrogens with zero attached hydrogens (tertiary/aromatic N) is 2. The zero-order valence-electron chi connectivity index (χ0n) is 10.1. The quantitative estimate of drug-likeness (QED) is 0.771. The van der Waals surface area contributed by atoms with E-state index in [0.29, 0.717) is 12.4 Å². The Kier molecular flexibility index (Phi) is 4.00. The van der Waals surface area contributed by atoms with Gasteiger partial charge < -0.3 is 15.2 Å². The predicted octanol–water partition coefficient (Wildman–Crippen LogP) is 0.664. The highest BCUT2D eigenvalue weighted by molar-refractivity contribution is 5.90. The van der Waals surface area contributed by atoms with Crippen molar-refractivity contribution in [2.75, 3.05) is 13.1 Å². The first-order valence-electron chi connectivity index (χ1n) is 5.38. The Morgan fingerprint density at radius 2 is 2.06 bits per heavy atom. The number of hydrogen-bond donors (Lipinski definition) is 2. The van der Waals surface area contributed by atoms with Crippen molar-refractivity contribution >= 4 is 5.91 Å². The third kappa shape index (κ3) is 2.79. The van der Waals surface area contributed by atoms with Crippen LogP contribution in [0.1, 0.15) is 44.2 Å². The van der Waals surface area contributed by atoms with Crippen LogP contribution in [0.5, 0.6) is 0 Å². The molecular weight excluding hydrogens is 208 g/mol. The van der Waals surface area contributed by atoms with E-state index >= 15 is 0 Å². The summed E-state index contributed by atoms with van der Waals surface area (Å²) in [6.45, 7) is 8.99. The van der Waals surface area contributed by atoms with E-state index in [1.165, 1.54) is 0 Å². The van der Waals surface area contributed by atoms with Crippen molar-refractivity contribution < 1.29 is 9.32 Å². The third-order valence-corrected chi connectivity index (χ3v) is 2.12. The van der Waals surface area contributed by atoms with E-state index in [2.05, 4.69) is 20.8 Å². The fourth-order valence-electron chi connectivity index (χ4n) is 1.33. The molecule has 0 saturated carbocycles. The first-order valence-corrected chi connectivity index (χ1v) is 5.38. The normalized spacial score (nSPS) is 11.5. The predicted molar refractivity (Wildman–Crippen MR) is 59.0 cm³/mol. The van der Waals surface area contributed by atoms with Crippen molar-refractivity contribution in [2.45, 2.75) is 33.2 Å². The molecule has 90 valence electrons. The number of carbonyl (C=O) groups is 1. The molecule has 0 saturated heterocycles. The number of rotatable bonds is 5. The minimum atomic E-state index is -0.424. The largest absolute Gasteiger partial charge is 0.349 e. The molecule has 2 N–H and O–H groups in total. The summed E-state index contributed by atoms with van der Waals surface area (Å²) in [5.41, 5.74) is -0.424. The monoisotopic (exact) mass is 226 g/mol. The molecule has 0 bridgehead atoms. The van der Waals surface area contributed by atoms with Crippen LogP contribution in [-0.4, -0.2) is 29.1 Å². The highest BCUT2D eigenvalue weighted by Gasteiger charge is 2.27. The molecule has 16 heavy (non-hydrogen) atoms. The molecular formula is C10H18N4O2. The van der Waals surface area contributed by atoms with E-state index in [9.17, 15) is 4.79 Å². The van der Waals surface area contributed by atoms with Gasteiger partial charge >= 0.3 is 0 Å². The Bertz CT molecular complexity index is 359. The number of carbonyl (C=O) groups excluding carboxylic acids is 1. The molecule has 0 aliphatic carbocycles. The van der Waals surface area contributed by atoms with Gasteiger partial charge in [-0.15, -0.1) is 0 Å². The van der Waals surface area contributed by atoms with Gasteiger partial charge in [-0.25, -0.2) is 0 Å². The molecule has 6 heteroatoms. The SMILES string of the molecule is CCNC(=O)c1noc(C(C)(C)NCC)n1. The summed E-state index contributed by atoms with van der Waals surface area (Å²) in [5, 5.41) is 9.45. The molecule has 0 fully saturated rings. The zero-order chi connectivity index (χ0) is 12.2. The average molecular weight is 226 g/mol. The molecule has 0 atom stereocenters. The van der Waals surface area contributed by atoms with Crippen molar-refractivity contribution in [1.29, 1.82) is 0 Å². The van der Waals surface area contributed by atoms with Crippen LogP contribution in [0, 0.1) is 0 Å². The maximum atomic E-state index is 11.4. The summed E-state index contributed by atoms with van der Waals surface area (Å²) in [7, 11) is 0. The standard InChI is InChI=1S/C10H18N4O2/c1-5-11-8(15)7-13-9(16-14-7)10(3,4)12-6-2/h12H,5-6H2,1-4H3,(H,11,15). The lowest BCUT2D eigenvalue weighted by Crippen LogP contribution is -2.36. The van der Waals surface area contributed by atoms with Crippen LogP contribution >= 0.6 is 0 Å². The second kappa shape index (κ2) is 5.07. The lowest BCUT2D eigenvalue weighted by atomic mass is 10.1. The van der Waals surface area contributed by atoms with Crippen molar-refractivity contribution in [3.05, 3.63) is 11.7 Å². The van der Waals surface area contributed by atoms with Gasteiger partial charge in [0.25, 0.3) is 11.7 Å². The van der Waals surface area contributed by atoms with Crippen molar-refractivity contribution in [2.24, 2.45) is 0 Å². The van der Waals surface area contributed by atoms with Crippen LogP contribution in [0.4, 0.5) is 0 Å². The summed E-state index contributed by atoms with van der Waals surface area (Å²) in [4.78, 5) is 15.5. The summed E-state index contributed by atoms with van der Waals surface area (Å²) < 4.78 is 5.07. The summed E-state index contributed by atoms with van der Waals surface area (Å²) >= 11 is 0. The van der Waals surface area contributed by atoms with Gasteiger partial charge in [0.15, 0.2) is 0 Å². The van der Waals surface area contributed by atoms with E-state index in [-0.39, 0.29) is 11.7 Å². The Morgan fingerprint density at radius 1 is 1.38 bits per heavy atom. The van der Waals surface area contributed by atoms with Crippen LogP contribution in [0.15, 0.2) is 4.52 Å². The number of hydrogen-bond acceptors (Lipinski definition) is 5. The molecule has 0 aliphatic heterocycles. The number of nitrogens with one attached hydrogen (secondary N) is 2. The Balaban J connectivity index is 2.82. The second-order valence-electron chi connectivity index (χ2n) is 3.94. The molecule has 6 nitrogen and oxygen atoms in total. The molecule has 0 aromatic carbocycles. The lowest BCUT2D eigenvalue weighted by molar-refractivity contribution is 0.0942. The molecule has 0 spiro atoms. The van der Waals surface area contributed by atoms with E-state index in [1.807, 2.05) is 27.7 Å². The van der Waals surface area contributed by atoms with Gasteiger partial charge in [0.05, 0.1) is 5.54 Å². The van der Waals surface area contributed by atoms with E-state index in [1.54, 1.807) is 0 Å². The van der Waals surface area contributed by atoms with Gasteiger partial charge in [-0.3, -0.25) is 4.79 Å². The number of amides is 1. The first kappa shape index (κ1) is 12.6. The topological polar surface area (TPSA) is 80.0 Å². The Morgan fingerprint density at radius 3 is 2.62 bits per heavy atom. The van der Waals surface area contributed by atoms with Gasteiger partial charge in [0.1, 0.15) is 0 Å². The van der Waals surface area contributed by atoms with Crippen LogP contribution in [0.25, 0.3) is 0 Å². The zero-order valence-corrected chi connectivity index (χ0v) is 10.1. The highest BCUT2D eigenvalue weighted by atomic mass is 16.5. The summed E-state index contributed by atoms with van der Waals surface area (Å²) in [6, 6.07) is 0. The van der Waals surface area contributed by atoms with Gasteiger partial charge in [-0.1, -0.05) is 12.1 Å². The van der Waals surface area contributed by atoms with Crippen LogP contribution in [0.2, 0.25) is 0 Å². The Labute approximate surface area is 94.8 Å².